The maximum absolute atomic E-state index is 13.4. The van der Waals surface area contributed by atoms with Crippen LogP contribution in [0.2, 0.25) is 0 Å². The molecule has 0 spiro atoms. The summed E-state index contributed by atoms with van der Waals surface area (Å²) in [7, 11) is 1.83. The number of hydrogen-bond acceptors (Lipinski definition) is 2. The summed E-state index contributed by atoms with van der Waals surface area (Å²) in [5, 5.41) is 8.54. The van der Waals surface area contributed by atoms with Gasteiger partial charge in [0, 0.05) is 17.6 Å². The first-order valence-electron chi connectivity index (χ1n) is 5.33. The van der Waals surface area contributed by atoms with E-state index in [1.807, 2.05) is 11.9 Å². The van der Waals surface area contributed by atoms with Gasteiger partial charge >= 0.3 is 5.97 Å². The predicted molar refractivity (Wildman–Crippen MR) is 67.6 cm³/mol. The lowest BCUT2D eigenvalue weighted by Crippen LogP contribution is -2.24. The lowest BCUT2D eigenvalue weighted by Gasteiger charge is -2.15. The van der Waals surface area contributed by atoms with Crippen molar-refractivity contribution in [1.29, 1.82) is 0 Å². The van der Waals surface area contributed by atoms with Crippen LogP contribution >= 0.6 is 15.9 Å². The number of likely N-dealkylation sites (N-methyl/N-ethyl adjacent to an activating group) is 1. The minimum atomic E-state index is -0.814. The SMILES string of the molecule is CN(CCC(=O)O)CCc1cc(Br)ccc1F. The fourth-order valence-corrected chi connectivity index (χ4v) is 1.85. The van der Waals surface area contributed by atoms with Gasteiger partial charge in [-0.25, -0.2) is 4.39 Å². The van der Waals surface area contributed by atoms with E-state index >= 15 is 0 Å². The molecular weight excluding hydrogens is 289 g/mol. The summed E-state index contributed by atoms with van der Waals surface area (Å²) in [5.74, 6) is -1.04. The Morgan fingerprint density at radius 1 is 1.47 bits per heavy atom. The molecule has 1 aromatic carbocycles. The minimum Gasteiger partial charge on any atom is -0.481 e. The highest BCUT2D eigenvalue weighted by molar-refractivity contribution is 9.10. The van der Waals surface area contributed by atoms with Gasteiger partial charge in [0.25, 0.3) is 0 Å². The van der Waals surface area contributed by atoms with E-state index in [1.54, 1.807) is 12.1 Å². The van der Waals surface area contributed by atoms with Gasteiger partial charge in [0.05, 0.1) is 6.42 Å². The fraction of sp³-hybridized carbons (Fsp3) is 0.417. The second-order valence-corrected chi connectivity index (χ2v) is 4.85. The Morgan fingerprint density at radius 3 is 2.82 bits per heavy atom. The second kappa shape index (κ2) is 6.71. The van der Waals surface area contributed by atoms with Crippen LogP contribution in [-0.4, -0.2) is 36.1 Å². The van der Waals surface area contributed by atoms with Crippen LogP contribution in [0.5, 0.6) is 0 Å². The Morgan fingerprint density at radius 2 is 2.18 bits per heavy atom. The molecule has 0 amide bonds. The molecule has 5 heteroatoms. The molecule has 3 nitrogen and oxygen atoms in total. The van der Waals surface area contributed by atoms with Gasteiger partial charge in [-0.05, 0) is 37.2 Å². The monoisotopic (exact) mass is 303 g/mol. The largest absolute Gasteiger partial charge is 0.481 e. The molecule has 0 aliphatic heterocycles. The quantitative estimate of drug-likeness (QED) is 0.878. The highest BCUT2D eigenvalue weighted by Gasteiger charge is 2.06. The molecule has 0 aromatic heterocycles. The molecule has 0 fully saturated rings. The molecule has 0 atom stereocenters. The van der Waals surface area contributed by atoms with Crippen molar-refractivity contribution in [3.63, 3.8) is 0 Å². The molecule has 0 aliphatic carbocycles. The Kier molecular flexibility index (Phi) is 5.58. The summed E-state index contributed by atoms with van der Waals surface area (Å²) < 4.78 is 14.2. The van der Waals surface area contributed by atoms with E-state index in [2.05, 4.69) is 15.9 Å². The van der Waals surface area contributed by atoms with E-state index in [1.165, 1.54) is 6.07 Å². The molecule has 0 bridgehead atoms. The van der Waals surface area contributed by atoms with Crippen molar-refractivity contribution in [3.8, 4) is 0 Å². The average molecular weight is 304 g/mol. The number of carbonyl (C=O) groups is 1. The van der Waals surface area contributed by atoms with Crippen molar-refractivity contribution in [2.75, 3.05) is 20.1 Å². The third-order valence-electron chi connectivity index (χ3n) is 2.48. The zero-order valence-corrected chi connectivity index (χ0v) is 11.2. The minimum absolute atomic E-state index is 0.109. The van der Waals surface area contributed by atoms with E-state index in [0.29, 0.717) is 25.1 Å². The number of benzene rings is 1. The number of hydrogen-bond donors (Lipinski definition) is 1. The Balaban J connectivity index is 2.44. The first kappa shape index (κ1) is 14.1. The van der Waals surface area contributed by atoms with Gasteiger partial charge in [-0.2, -0.15) is 0 Å². The van der Waals surface area contributed by atoms with Crippen LogP contribution in [0.4, 0.5) is 4.39 Å². The van der Waals surface area contributed by atoms with E-state index in [4.69, 9.17) is 5.11 Å². The predicted octanol–water partition coefficient (Wildman–Crippen LogP) is 2.54. The van der Waals surface area contributed by atoms with Gasteiger partial charge in [-0.15, -0.1) is 0 Å². The first-order valence-corrected chi connectivity index (χ1v) is 6.12. The van der Waals surface area contributed by atoms with Crippen LogP contribution in [0, 0.1) is 5.82 Å². The van der Waals surface area contributed by atoms with Gasteiger partial charge in [-0.3, -0.25) is 4.79 Å². The van der Waals surface area contributed by atoms with Gasteiger partial charge in [0.2, 0.25) is 0 Å². The summed E-state index contributed by atoms with van der Waals surface area (Å²) in [4.78, 5) is 12.3. The fourth-order valence-electron chi connectivity index (χ4n) is 1.44. The second-order valence-electron chi connectivity index (χ2n) is 3.93. The first-order chi connectivity index (χ1) is 7.99. The molecule has 17 heavy (non-hydrogen) atoms. The summed E-state index contributed by atoms with van der Waals surface area (Å²) in [6.07, 6.45) is 0.679. The van der Waals surface area contributed by atoms with Crippen molar-refractivity contribution >= 4 is 21.9 Å². The molecule has 1 aromatic rings. The van der Waals surface area contributed by atoms with Crippen molar-refractivity contribution < 1.29 is 14.3 Å². The molecule has 0 saturated heterocycles. The Bertz CT molecular complexity index is 398. The van der Waals surface area contributed by atoms with Gasteiger partial charge in [-0.1, -0.05) is 15.9 Å². The molecule has 0 aliphatic rings. The number of nitrogens with zero attached hydrogens (tertiary/aromatic N) is 1. The number of carboxylic acids is 1. The van der Waals surface area contributed by atoms with E-state index < -0.39 is 5.97 Å². The normalized spacial score (nSPS) is 10.8. The maximum atomic E-state index is 13.4. The standard InChI is InChI=1S/C12H15BrFNO2/c1-15(7-5-12(16)17)6-4-9-8-10(13)2-3-11(9)14/h2-3,8H,4-7H2,1H3,(H,16,17). The van der Waals surface area contributed by atoms with Crippen LogP contribution in [0.15, 0.2) is 22.7 Å². The summed E-state index contributed by atoms with van der Waals surface area (Å²) in [6.45, 7) is 1.12. The van der Waals surface area contributed by atoms with Crippen LogP contribution in [0.1, 0.15) is 12.0 Å². The zero-order chi connectivity index (χ0) is 12.8. The van der Waals surface area contributed by atoms with Crippen LogP contribution in [0.3, 0.4) is 0 Å². The summed E-state index contributed by atoms with van der Waals surface area (Å²) >= 11 is 3.30. The topological polar surface area (TPSA) is 40.5 Å². The molecule has 0 radical (unpaired) electrons. The molecule has 1 N–H and O–H groups in total. The van der Waals surface area contributed by atoms with Crippen LogP contribution < -0.4 is 0 Å². The summed E-state index contributed by atoms with van der Waals surface area (Å²) in [5.41, 5.74) is 0.640. The van der Waals surface area contributed by atoms with E-state index in [9.17, 15) is 9.18 Å². The molecule has 0 saturated carbocycles. The molecule has 1 rings (SSSR count). The average Bonchev–Trinajstić information content (AvgIpc) is 2.27. The van der Waals surface area contributed by atoms with E-state index in [-0.39, 0.29) is 12.2 Å². The summed E-state index contributed by atoms with van der Waals surface area (Å²) in [6, 6.07) is 4.84. The Hall–Kier alpha value is -0.940. The Labute approximate surface area is 108 Å². The molecule has 0 heterocycles. The van der Waals surface area contributed by atoms with Gasteiger partial charge in [0.15, 0.2) is 0 Å². The van der Waals surface area contributed by atoms with Gasteiger partial charge < -0.3 is 10.0 Å². The van der Waals surface area contributed by atoms with E-state index in [0.717, 1.165) is 4.47 Å². The van der Waals surface area contributed by atoms with Crippen molar-refractivity contribution in [3.05, 3.63) is 34.1 Å². The third kappa shape index (κ3) is 5.28. The van der Waals surface area contributed by atoms with Gasteiger partial charge in [0.1, 0.15) is 5.82 Å². The van der Waals surface area contributed by atoms with Crippen LogP contribution in [-0.2, 0) is 11.2 Å². The smallest absolute Gasteiger partial charge is 0.304 e. The lowest BCUT2D eigenvalue weighted by molar-refractivity contribution is -0.137. The zero-order valence-electron chi connectivity index (χ0n) is 9.62. The third-order valence-corrected chi connectivity index (χ3v) is 2.97. The highest BCUT2D eigenvalue weighted by atomic mass is 79.9. The van der Waals surface area contributed by atoms with Crippen molar-refractivity contribution in [2.45, 2.75) is 12.8 Å². The number of aliphatic carboxylic acids is 1. The maximum Gasteiger partial charge on any atom is 0.304 e. The highest BCUT2D eigenvalue weighted by Crippen LogP contribution is 2.16. The number of halogens is 2. The lowest BCUT2D eigenvalue weighted by atomic mass is 10.1. The van der Waals surface area contributed by atoms with Crippen molar-refractivity contribution in [2.24, 2.45) is 0 Å². The molecule has 0 unspecified atom stereocenters. The number of rotatable bonds is 6. The van der Waals surface area contributed by atoms with Crippen molar-refractivity contribution in [1.82, 2.24) is 4.90 Å². The number of carboxylic acid groups (broad SMARTS) is 1. The van der Waals surface area contributed by atoms with Crippen LogP contribution in [0.25, 0.3) is 0 Å². The molecule has 94 valence electrons. The molecular formula is C12H15BrFNO2.